The zero-order valence-corrected chi connectivity index (χ0v) is 13.5. The van der Waals surface area contributed by atoms with Crippen LogP contribution in [0.3, 0.4) is 0 Å². The van der Waals surface area contributed by atoms with Crippen molar-refractivity contribution >= 4 is 17.2 Å². The van der Waals surface area contributed by atoms with Crippen LogP contribution in [-0.4, -0.2) is 16.3 Å². The van der Waals surface area contributed by atoms with Crippen LogP contribution in [-0.2, 0) is 34.2 Å². The van der Waals surface area contributed by atoms with Gasteiger partial charge >= 0.3 is 6.18 Å². The van der Waals surface area contributed by atoms with E-state index in [1.54, 1.807) is 12.1 Å². The van der Waals surface area contributed by atoms with Crippen molar-refractivity contribution in [1.29, 1.82) is 0 Å². The predicted octanol–water partition coefficient (Wildman–Crippen LogP) is 3.89. The third kappa shape index (κ3) is 4.40. The molecule has 0 fully saturated rings. The number of pyridine rings is 2. The van der Waals surface area contributed by atoms with Crippen LogP contribution in [0.5, 0.6) is 0 Å². The number of hydrogen-bond donors (Lipinski definition) is 0. The summed E-state index contributed by atoms with van der Waals surface area (Å²) >= 11 is 0. The Morgan fingerprint density at radius 2 is 1.76 bits per heavy atom. The molecule has 2 aromatic heterocycles. The first-order chi connectivity index (χ1) is 10.5. The molecule has 0 aliphatic rings. The van der Waals surface area contributed by atoms with Gasteiger partial charge in [-0.05, 0) is 24.3 Å². The Labute approximate surface area is 151 Å². The summed E-state index contributed by atoms with van der Waals surface area (Å²) in [5, 5.41) is 0.268. The molecule has 1 radical (unpaired) electrons. The zero-order chi connectivity index (χ0) is 15.7. The van der Waals surface area contributed by atoms with Crippen LogP contribution in [0.15, 0.2) is 48.8 Å². The number of carbonyl (C=O) groups is 1. The van der Waals surface area contributed by atoms with E-state index in [1.807, 2.05) is 0 Å². The maximum absolute atomic E-state index is 13.1. The molecule has 5 nitrogen and oxygen atoms in total. The summed E-state index contributed by atoms with van der Waals surface area (Å²) < 4.78 is 39.3. The van der Waals surface area contributed by atoms with E-state index >= 15 is 0 Å². The van der Waals surface area contributed by atoms with E-state index in [9.17, 15) is 18.0 Å². The number of carbonyl (C=O) groups excluding carboxylic acids is 1. The first-order valence-electron chi connectivity index (χ1n) is 6.37. The monoisotopic (exact) mass is 389 g/mol. The van der Waals surface area contributed by atoms with Gasteiger partial charge < -0.3 is 11.0 Å². The third-order valence-electron chi connectivity index (χ3n) is 3.24. The maximum atomic E-state index is 13.1. The Morgan fingerprint density at radius 1 is 1.04 bits per heavy atom. The van der Waals surface area contributed by atoms with Crippen molar-refractivity contribution in [2.75, 3.05) is 0 Å². The minimum atomic E-state index is -4.51. The van der Waals surface area contributed by atoms with Crippen LogP contribution in [0, 0.1) is 0 Å². The molecule has 0 bridgehead atoms. The Hall–Kier alpha value is -2.32. The Kier molecular flexibility index (Phi) is 7.88. The molecule has 0 saturated heterocycles. The summed E-state index contributed by atoms with van der Waals surface area (Å²) in [6.45, 7) is 0. The topological polar surface area (TPSA) is 99.8 Å². The van der Waals surface area contributed by atoms with Gasteiger partial charge in [-0.15, -0.1) is 0 Å². The molecule has 9 heteroatoms. The molecule has 0 aliphatic carbocycles. The fourth-order valence-electron chi connectivity index (χ4n) is 2.27. The molecule has 0 N–H and O–H groups in total. The first-order valence-corrected chi connectivity index (χ1v) is 6.37. The molecule has 133 valence electrons. The second kappa shape index (κ2) is 8.68. The largest absolute Gasteiger partial charge is 2.00 e. The van der Waals surface area contributed by atoms with E-state index in [4.69, 9.17) is 0 Å². The van der Waals surface area contributed by atoms with Crippen molar-refractivity contribution in [3.05, 3.63) is 59.9 Å². The average Bonchev–Trinajstić information content (AvgIpc) is 2.52. The van der Waals surface area contributed by atoms with Crippen molar-refractivity contribution in [2.45, 2.75) is 6.18 Å². The van der Waals surface area contributed by atoms with Gasteiger partial charge in [-0.1, -0.05) is 12.1 Å². The summed E-state index contributed by atoms with van der Waals surface area (Å²) in [7, 11) is 0. The number of alkyl halides is 3. The number of rotatable bonds is 2. The summed E-state index contributed by atoms with van der Waals surface area (Å²) in [5.74, 6) is 0. The van der Waals surface area contributed by atoms with E-state index in [0.717, 1.165) is 6.07 Å². The zero-order valence-electron chi connectivity index (χ0n) is 12.3. The van der Waals surface area contributed by atoms with Gasteiger partial charge in [0.2, 0.25) is 0 Å². The van der Waals surface area contributed by atoms with Crippen molar-refractivity contribution in [3.8, 4) is 11.3 Å². The minimum absolute atomic E-state index is 0. The first kappa shape index (κ1) is 22.7. The molecule has 0 spiro atoms. The molecule has 0 amide bonds. The molecule has 0 unspecified atom stereocenters. The number of halogens is 3. The van der Waals surface area contributed by atoms with Crippen LogP contribution >= 0.6 is 0 Å². The second-order valence-corrected chi connectivity index (χ2v) is 4.66. The molecule has 0 atom stereocenters. The third-order valence-corrected chi connectivity index (χ3v) is 3.24. The molecule has 0 aliphatic heterocycles. The van der Waals surface area contributed by atoms with Crippen LogP contribution in [0.1, 0.15) is 15.9 Å². The quantitative estimate of drug-likeness (QED) is 0.491. The van der Waals surface area contributed by atoms with Crippen molar-refractivity contribution in [2.24, 2.45) is 0 Å². The van der Waals surface area contributed by atoms with Crippen LogP contribution in [0.25, 0.3) is 22.2 Å². The fraction of sp³-hybridized carbons (Fsp3) is 0.0625. The van der Waals surface area contributed by atoms with E-state index in [1.165, 1.54) is 30.6 Å². The summed E-state index contributed by atoms with van der Waals surface area (Å²) in [6.07, 6.45) is -0.944. The average molecular weight is 389 g/mol. The number of para-hydroxylation sites is 1. The Bertz CT molecular complexity index is 858. The molecule has 0 saturated carbocycles. The summed E-state index contributed by atoms with van der Waals surface area (Å²) in [4.78, 5) is 19.2. The smallest absolute Gasteiger partial charge is 0.418 e. The number of fused-ring (bicyclic) bond motifs is 1. The van der Waals surface area contributed by atoms with E-state index < -0.39 is 11.7 Å². The van der Waals surface area contributed by atoms with Gasteiger partial charge in [-0.2, -0.15) is 13.2 Å². The second-order valence-electron chi connectivity index (χ2n) is 4.66. The van der Waals surface area contributed by atoms with Crippen molar-refractivity contribution in [3.63, 3.8) is 0 Å². The van der Waals surface area contributed by atoms with Crippen molar-refractivity contribution in [1.82, 2.24) is 9.97 Å². The standard InChI is InChI=1S/C16H9F3N2O.Mn.2O/c17-16(18,19)13-5-1-3-10-7-12(9-22)14(21-15(10)13)11-4-2-6-20-8-11;;;/h1-9H;;;/q;;2*-2. The molecule has 2 heterocycles. The Morgan fingerprint density at radius 3 is 2.32 bits per heavy atom. The number of aldehydes is 1. The van der Waals surface area contributed by atoms with Crippen LogP contribution in [0.4, 0.5) is 13.2 Å². The molecule has 3 rings (SSSR count). The fourth-order valence-corrected chi connectivity index (χ4v) is 2.27. The van der Waals surface area contributed by atoms with E-state index in [0.29, 0.717) is 11.8 Å². The predicted molar refractivity (Wildman–Crippen MR) is 76.7 cm³/mol. The van der Waals surface area contributed by atoms with Gasteiger partial charge in [-0.25, -0.2) is 4.98 Å². The molecular formula is C16H9F3MnN2O3-4. The molecule has 1 aromatic carbocycles. The minimum Gasteiger partial charge on any atom is -2.00 e. The number of benzene rings is 1. The Balaban J connectivity index is 0.00000192. The SMILES string of the molecule is O=Cc1cc2cccc(C(F)(F)F)c2nc1-c1cccnc1.[Mn].[O-2].[O-2]. The molecule has 3 aromatic rings. The molecular weight excluding hydrogens is 380 g/mol. The maximum Gasteiger partial charge on any atom is 0.418 e. The molecule has 25 heavy (non-hydrogen) atoms. The van der Waals surface area contributed by atoms with E-state index in [2.05, 4.69) is 9.97 Å². The van der Waals surface area contributed by atoms with Gasteiger partial charge in [0.1, 0.15) is 0 Å². The van der Waals surface area contributed by atoms with E-state index in [-0.39, 0.29) is 50.2 Å². The van der Waals surface area contributed by atoms with Crippen LogP contribution < -0.4 is 0 Å². The summed E-state index contributed by atoms with van der Waals surface area (Å²) in [6, 6.07) is 8.45. The van der Waals surface area contributed by atoms with Gasteiger partial charge in [0.25, 0.3) is 0 Å². The van der Waals surface area contributed by atoms with Crippen LogP contribution in [0.2, 0.25) is 0 Å². The van der Waals surface area contributed by atoms with Crippen molar-refractivity contribution < 1.29 is 46.0 Å². The number of hydrogen-bond acceptors (Lipinski definition) is 3. The summed E-state index contributed by atoms with van der Waals surface area (Å²) in [5.41, 5.74) is -0.109. The number of nitrogens with zero attached hydrogens (tertiary/aromatic N) is 2. The van der Waals surface area contributed by atoms with Gasteiger partial charge in [0.15, 0.2) is 6.29 Å². The number of aromatic nitrogens is 2. The van der Waals surface area contributed by atoms with Gasteiger partial charge in [0, 0.05) is 46.0 Å². The normalized spacial score (nSPS) is 10.2. The van der Waals surface area contributed by atoms with Gasteiger partial charge in [0.05, 0.1) is 16.8 Å². The van der Waals surface area contributed by atoms with Gasteiger partial charge in [-0.3, -0.25) is 9.78 Å².